The van der Waals surface area contributed by atoms with E-state index in [0.29, 0.717) is 12.2 Å². The standard InChI is InChI=1S/C24H29FO5/c1-15-16(2)24(30-22(23(15)25)14-28-17(3)26)29-21-8-6-5-7-19(21)13-18-9-11-20(27-4)12-10-18/h5-12,15-16,22-24H,13-14H2,1-4H3. The van der Waals surface area contributed by atoms with Crippen LogP contribution in [0.1, 0.15) is 31.9 Å². The normalized spacial score (nSPS) is 26.1. The molecule has 1 heterocycles. The molecule has 1 fully saturated rings. The molecule has 1 aliphatic rings. The first kappa shape index (κ1) is 22.1. The summed E-state index contributed by atoms with van der Waals surface area (Å²) in [5.74, 6) is 0.585. The van der Waals surface area contributed by atoms with E-state index in [4.69, 9.17) is 18.9 Å². The summed E-state index contributed by atoms with van der Waals surface area (Å²) in [7, 11) is 1.64. The number of alkyl halides is 1. The van der Waals surface area contributed by atoms with Gasteiger partial charge in [-0.15, -0.1) is 0 Å². The summed E-state index contributed by atoms with van der Waals surface area (Å²) in [4.78, 5) is 11.1. The van der Waals surface area contributed by atoms with Crippen molar-refractivity contribution in [3.63, 3.8) is 0 Å². The predicted molar refractivity (Wildman–Crippen MR) is 111 cm³/mol. The fraction of sp³-hybridized carbons (Fsp3) is 0.458. The zero-order valence-electron chi connectivity index (χ0n) is 17.8. The Morgan fingerprint density at radius 3 is 2.43 bits per heavy atom. The van der Waals surface area contributed by atoms with Crippen LogP contribution in [0.5, 0.6) is 11.5 Å². The van der Waals surface area contributed by atoms with Crippen LogP contribution in [0.25, 0.3) is 0 Å². The molecule has 2 aromatic carbocycles. The summed E-state index contributed by atoms with van der Waals surface area (Å²) >= 11 is 0. The van der Waals surface area contributed by atoms with Gasteiger partial charge in [0.25, 0.3) is 0 Å². The lowest BCUT2D eigenvalue weighted by Crippen LogP contribution is -2.51. The fourth-order valence-corrected chi connectivity index (χ4v) is 3.57. The van der Waals surface area contributed by atoms with Crippen LogP contribution in [0.3, 0.4) is 0 Å². The second-order valence-electron chi connectivity index (χ2n) is 7.76. The Morgan fingerprint density at radius 1 is 1.07 bits per heavy atom. The number of hydrogen-bond acceptors (Lipinski definition) is 5. The zero-order valence-corrected chi connectivity index (χ0v) is 17.8. The number of para-hydroxylation sites is 1. The van der Waals surface area contributed by atoms with E-state index >= 15 is 0 Å². The third kappa shape index (κ3) is 5.30. The average Bonchev–Trinajstić information content (AvgIpc) is 2.75. The van der Waals surface area contributed by atoms with Crippen LogP contribution in [0.4, 0.5) is 4.39 Å². The summed E-state index contributed by atoms with van der Waals surface area (Å²) in [6, 6.07) is 15.6. The Balaban J connectivity index is 1.74. The van der Waals surface area contributed by atoms with Crippen molar-refractivity contribution in [1.82, 2.24) is 0 Å². The van der Waals surface area contributed by atoms with Crippen LogP contribution >= 0.6 is 0 Å². The van der Waals surface area contributed by atoms with Gasteiger partial charge in [0.15, 0.2) is 0 Å². The van der Waals surface area contributed by atoms with Crippen molar-refractivity contribution in [2.75, 3.05) is 13.7 Å². The molecular weight excluding hydrogens is 387 g/mol. The second-order valence-corrected chi connectivity index (χ2v) is 7.76. The van der Waals surface area contributed by atoms with E-state index in [0.717, 1.165) is 16.9 Å². The van der Waals surface area contributed by atoms with E-state index in [9.17, 15) is 9.18 Å². The largest absolute Gasteiger partial charge is 0.497 e. The lowest BCUT2D eigenvalue weighted by molar-refractivity contribution is -0.228. The van der Waals surface area contributed by atoms with E-state index in [1.54, 1.807) is 7.11 Å². The van der Waals surface area contributed by atoms with Gasteiger partial charge in [0.2, 0.25) is 6.29 Å². The fourth-order valence-electron chi connectivity index (χ4n) is 3.57. The highest BCUT2D eigenvalue weighted by Crippen LogP contribution is 2.35. The van der Waals surface area contributed by atoms with Crippen LogP contribution in [0, 0.1) is 11.8 Å². The minimum Gasteiger partial charge on any atom is -0.497 e. The summed E-state index contributed by atoms with van der Waals surface area (Å²) in [6.07, 6.45) is -2.03. The molecule has 0 aromatic heterocycles. The van der Waals surface area contributed by atoms with Crippen molar-refractivity contribution < 1.29 is 28.1 Å². The van der Waals surface area contributed by atoms with Gasteiger partial charge < -0.3 is 18.9 Å². The van der Waals surface area contributed by atoms with Crippen molar-refractivity contribution in [1.29, 1.82) is 0 Å². The van der Waals surface area contributed by atoms with Crippen molar-refractivity contribution >= 4 is 5.97 Å². The number of halogens is 1. The Labute approximate surface area is 177 Å². The molecule has 3 rings (SSSR count). The molecule has 5 unspecified atom stereocenters. The van der Waals surface area contributed by atoms with Gasteiger partial charge in [-0.25, -0.2) is 4.39 Å². The zero-order chi connectivity index (χ0) is 21.7. The van der Waals surface area contributed by atoms with Gasteiger partial charge in [0, 0.05) is 19.3 Å². The molecule has 0 aliphatic carbocycles. The Morgan fingerprint density at radius 2 is 1.77 bits per heavy atom. The molecule has 1 aliphatic heterocycles. The Bertz CT molecular complexity index is 838. The third-order valence-corrected chi connectivity index (χ3v) is 5.65. The first-order valence-electron chi connectivity index (χ1n) is 10.2. The summed E-state index contributed by atoms with van der Waals surface area (Å²) < 4.78 is 37.0. The lowest BCUT2D eigenvalue weighted by atomic mass is 9.85. The number of methoxy groups -OCH3 is 1. The van der Waals surface area contributed by atoms with Crippen molar-refractivity contribution in [2.45, 2.75) is 45.8 Å². The third-order valence-electron chi connectivity index (χ3n) is 5.65. The molecule has 0 saturated carbocycles. The molecule has 0 amide bonds. The van der Waals surface area contributed by atoms with E-state index in [2.05, 4.69) is 0 Å². The maximum absolute atomic E-state index is 14.7. The summed E-state index contributed by atoms with van der Waals surface area (Å²) in [5.41, 5.74) is 2.12. The minimum atomic E-state index is -1.23. The monoisotopic (exact) mass is 416 g/mol. The second kappa shape index (κ2) is 9.94. The molecule has 5 nitrogen and oxygen atoms in total. The molecular formula is C24H29FO5. The Kier molecular flexibility index (Phi) is 7.32. The molecule has 1 saturated heterocycles. The maximum Gasteiger partial charge on any atom is 0.302 e. The first-order valence-corrected chi connectivity index (χ1v) is 10.2. The highest BCUT2D eigenvalue weighted by molar-refractivity contribution is 5.65. The van der Waals surface area contributed by atoms with E-state index in [1.807, 2.05) is 62.4 Å². The topological polar surface area (TPSA) is 54.0 Å². The van der Waals surface area contributed by atoms with Gasteiger partial charge in [-0.2, -0.15) is 0 Å². The molecule has 2 aromatic rings. The molecule has 0 N–H and O–H groups in total. The van der Waals surface area contributed by atoms with Gasteiger partial charge in [0.05, 0.1) is 7.11 Å². The van der Waals surface area contributed by atoms with Crippen LogP contribution < -0.4 is 9.47 Å². The van der Waals surface area contributed by atoms with Gasteiger partial charge in [-0.05, 0) is 35.2 Å². The number of ether oxygens (including phenoxy) is 4. The smallest absolute Gasteiger partial charge is 0.302 e. The highest BCUT2D eigenvalue weighted by atomic mass is 19.1. The summed E-state index contributed by atoms with van der Waals surface area (Å²) in [6.45, 7) is 4.92. The van der Waals surface area contributed by atoms with E-state index in [-0.39, 0.29) is 18.4 Å². The highest BCUT2D eigenvalue weighted by Gasteiger charge is 2.43. The Hall–Kier alpha value is -2.60. The lowest BCUT2D eigenvalue weighted by Gasteiger charge is -2.41. The van der Waals surface area contributed by atoms with Gasteiger partial charge in [-0.1, -0.05) is 44.2 Å². The minimum absolute atomic E-state index is 0.124. The van der Waals surface area contributed by atoms with Crippen molar-refractivity contribution in [3.8, 4) is 11.5 Å². The van der Waals surface area contributed by atoms with E-state index < -0.39 is 24.5 Å². The predicted octanol–water partition coefficient (Wildman–Crippen LogP) is 4.56. The van der Waals surface area contributed by atoms with Gasteiger partial charge >= 0.3 is 5.97 Å². The number of carbonyl (C=O) groups is 1. The molecule has 162 valence electrons. The number of benzene rings is 2. The van der Waals surface area contributed by atoms with Crippen molar-refractivity contribution in [2.24, 2.45) is 11.8 Å². The molecule has 6 heteroatoms. The van der Waals surface area contributed by atoms with E-state index in [1.165, 1.54) is 6.92 Å². The SMILES string of the molecule is COc1ccc(Cc2ccccc2OC2OC(COC(C)=O)C(F)C(C)C2C)cc1. The van der Waals surface area contributed by atoms with Crippen LogP contribution in [-0.2, 0) is 20.7 Å². The molecule has 5 atom stereocenters. The summed E-state index contributed by atoms with van der Waals surface area (Å²) in [5, 5.41) is 0. The molecule has 0 radical (unpaired) electrons. The van der Waals surface area contributed by atoms with Gasteiger partial charge in [0.1, 0.15) is 30.4 Å². The number of hydrogen-bond donors (Lipinski definition) is 0. The first-order chi connectivity index (χ1) is 14.4. The number of carbonyl (C=O) groups excluding carboxylic acids is 1. The number of rotatable bonds is 7. The van der Waals surface area contributed by atoms with Gasteiger partial charge in [-0.3, -0.25) is 4.79 Å². The van der Waals surface area contributed by atoms with Crippen LogP contribution in [0.15, 0.2) is 48.5 Å². The molecule has 30 heavy (non-hydrogen) atoms. The maximum atomic E-state index is 14.7. The number of esters is 1. The molecule has 0 bridgehead atoms. The van der Waals surface area contributed by atoms with Crippen molar-refractivity contribution in [3.05, 3.63) is 59.7 Å². The van der Waals surface area contributed by atoms with Crippen LogP contribution in [0.2, 0.25) is 0 Å². The average molecular weight is 416 g/mol. The molecule has 0 spiro atoms. The quantitative estimate of drug-likeness (QED) is 0.619. The van der Waals surface area contributed by atoms with Crippen LogP contribution in [-0.4, -0.2) is 38.3 Å².